The SMILES string of the molecule is Cc1cc(Oc2c(F)cccc2F)ncc1-n1ncc(C(=O)c2cc3nc4c(cc3[nH]2)CCN(CC(C)(C)O)C4)c1N. The maximum atomic E-state index is 14.0. The number of β-amino-alcohol motifs (C(OH)–C–C–N with tert-alkyl or cyclic N) is 1. The first kappa shape index (κ1) is 27.5. The number of para-hydroxylation sites is 1. The van der Waals surface area contributed by atoms with Crippen molar-refractivity contribution in [1.82, 2.24) is 29.6 Å². The van der Waals surface area contributed by atoms with Gasteiger partial charge in [0.05, 0.1) is 51.7 Å². The Bertz CT molecular complexity index is 1820. The highest BCUT2D eigenvalue weighted by Crippen LogP contribution is 2.30. The van der Waals surface area contributed by atoms with E-state index in [0.717, 1.165) is 41.9 Å². The number of aromatic nitrogens is 5. The lowest BCUT2D eigenvalue weighted by molar-refractivity contribution is 0.0313. The van der Waals surface area contributed by atoms with E-state index in [1.165, 1.54) is 29.2 Å². The summed E-state index contributed by atoms with van der Waals surface area (Å²) in [5.74, 6) is -2.51. The molecule has 0 amide bonds. The number of H-pyrrole nitrogens is 1. The molecule has 42 heavy (non-hydrogen) atoms. The molecule has 0 saturated carbocycles. The number of rotatable bonds is 7. The predicted molar refractivity (Wildman–Crippen MR) is 152 cm³/mol. The third-order valence-corrected chi connectivity index (χ3v) is 7.16. The van der Waals surface area contributed by atoms with Crippen molar-refractivity contribution in [1.29, 1.82) is 0 Å². The Morgan fingerprint density at radius 3 is 2.67 bits per heavy atom. The van der Waals surface area contributed by atoms with Crippen molar-refractivity contribution in [3.8, 4) is 17.3 Å². The molecule has 0 saturated heterocycles. The number of aromatic amines is 1. The molecule has 0 radical (unpaired) electrons. The molecule has 5 aromatic rings. The Morgan fingerprint density at radius 2 is 1.95 bits per heavy atom. The zero-order chi connectivity index (χ0) is 29.8. The van der Waals surface area contributed by atoms with Crippen LogP contribution in [0.4, 0.5) is 14.6 Å². The molecule has 4 aromatic heterocycles. The number of benzene rings is 1. The number of ether oxygens (including phenoxy) is 1. The molecular formula is C30H29F2N7O3. The monoisotopic (exact) mass is 573 g/mol. The van der Waals surface area contributed by atoms with Gasteiger partial charge in [-0.2, -0.15) is 5.10 Å². The largest absolute Gasteiger partial charge is 0.433 e. The number of ketones is 1. The minimum Gasteiger partial charge on any atom is -0.433 e. The summed E-state index contributed by atoms with van der Waals surface area (Å²) >= 11 is 0. The molecule has 0 unspecified atom stereocenters. The zero-order valence-electron chi connectivity index (χ0n) is 23.3. The Hall–Kier alpha value is -4.68. The number of fused-ring (bicyclic) bond motifs is 2. The maximum absolute atomic E-state index is 14.0. The number of pyridine rings is 2. The molecule has 0 atom stereocenters. The van der Waals surface area contributed by atoms with Gasteiger partial charge in [0.2, 0.25) is 17.4 Å². The fraction of sp³-hybridized carbons (Fsp3) is 0.267. The van der Waals surface area contributed by atoms with Crippen LogP contribution in [-0.4, -0.2) is 59.2 Å². The number of nitrogens with zero attached hydrogens (tertiary/aromatic N) is 5. The van der Waals surface area contributed by atoms with Gasteiger partial charge in [0.15, 0.2) is 11.6 Å². The Balaban J connectivity index is 1.24. The van der Waals surface area contributed by atoms with Crippen LogP contribution in [0.25, 0.3) is 16.7 Å². The van der Waals surface area contributed by atoms with Crippen molar-refractivity contribution in [3.05, 3.63) is 88.5 Å². The van der Waals surface area contributed by atoms with E-state index in [4.69, 9.17) is 15.5 Å². The molecular weight excluding hydrogens is 544 g/mol. The van der Waals surface area contributed by atoms with E-state index in [1.807, 2.05) is 6.07 Å². The first-order valence-corrected chi connectivity index (χ1v) is 13.4. The Kier molecular flexibility index (Phi) is 6.74. The van der Waals surface area contributed by atoms with E-state index in [2.05, 4.69) is 20.0 Å². The molecule has 6 rings (SSSR count). The van der Waals surface area contributed by atoms with E-state index in [-0.39, 0.29) is 23.0 Å². The van der Waals surface area contributed by atoms with Gasteiger partial charge >= 0.3 is 0 Å². The maximum Gasteiger partial charge on any atom is 0.219 e. The molecule has 5 heterocycles. The number of hydrogen-bond acceptors (Lipinski definition) is 8. The third-order valence-electron chi connectivity index (χ3n) is 7.16. The second-order valence-electron chi connectivity index (χ2n) is 11.1. The molecule has 1 aliphatic rings. The van der Waals surface area contributed by atoms with Crippen molar-refractivity contribution in [2.45, 2.75) is 39.3 Å². The highest BCUT2D eigenvalue weighted by molar-refractivity contribution is 6.12. The van der Waals surface area contributed by atoms with Crippen molar-refractivity contribution in [2.24, 2.45) is 0 Å². The fourth-order valence-corrected chi connectivity index (χ4v) is 5.22. The number of carbonyl (C=O) groups excluding carboxylic acids is 1. The second kappa shape index (κ2) is 10.3. The van der Waals surface area contributed by atoms with Gasteiger partial charge in [-0.05, 0) is 62.6 Å². The molecule has 0 spiro atoms. The lowest BCUT2D eigenvalue weighted by Gasteiger charge is -2.32. The first-order valence-electron chi connectivity index (χ1n) is 13.4. The van der Waals surface area contributed by atoms with Gasteiger partial charge in [-0.15, -0.1) is 0 Å². The molecule has 0 aliphatic carbocycles. The van der Waals surface area contributed by atoms with Gasteiger partial charge in [-0.3, -0.25) is 9.69 Å². The van der Waals surface area contributed by atoms with Crippen molar-refractivity contribution >= 4 is 22.6 Å². The van der Waals surface area contributed by atoms with E-state index in [1.54, 1.807) is 26.8 Å². The average Bonchev–Trinajstić information content (AvgIpc) is 3.51. The van der Waals surface area contributed by atoms with E-state index >= 15 is 0 Å². The average molecular weight is 574 g/mol. The van der Waals surface area contributed by atoms with Crippen LogP contribution in [0.2, 0.25) is 0 Å². The number of aliphatic hydroxyl groups is 1. The smallest absolute Gasteiger partial charge is 0.219 e. The van der Waals surface area contributed by atoms with E-state index in [0.29, 0.717) is 35.6 Å². The van der Waals surface area contributed by atoms with Crippen LogP contribution in [0, 0.1) is 18.6 Å². The third kappa shape index (κ3) is 5.21. The summed E-state index contributed by atoms with van der Waals surface area (Å²) in [7, 11) is 0. The summed E-state index contributed by atoms with van der Waals surface area (Å²) in [5, 5.41) is 14.5. The van der Waals surface area contributed by atoms with Gasteiger partial charge in [0, 0.05) is 25.7 Å². The van der Waals surface area contributed by atoms with Crippen LogP contribution in [0.3, 0.4) is 0 Å². The highest BCUT2D eigenvalue weighted by atomic mass is 19.1. The van der Waals surface area contributed by atoms with Crippen LogP contribution in [0.5, 0.6) is 11.6 Å². The quantitative estimate of drug-likeness (QED) is 0.243. The lowest BCUT2D eigenvalue weighted by atomic mass is 10.0. The molecule has 4 N–H and O–H groups in total. The predicted octanol–water partition coefficient (Wildman–Crippen LogP) is 4.46. The topological polar surface area (TPSA) is 135 Å². The molecule has 10 nitrogen and oxygen atoms in total. The van der Waals surface area contributed by atoms with Crippen LogP contribution in [0.1, 0.15) is 46.7 Å². The number of halogens is 2. The fourth-order valence-electron chi connectivity index (χ4n) is 5.22. The number of hydrogen-bond donors (Lipinski definition) is 3. The highest BCUT2D eigenvalue weighted by Gasteiger charge is 2.25. The Morgan fingerprint density at radius 1 is 1.19 bits per heavy atom. The summed E-state index contributed by atoms with van der Waals surface area (Å²) in [4.78, 5) is 27.8. The van der Waals surface area contributed by atoms with Crippen molar-refractivity contribution in [3.63, 3.8) is 0 Å². The molecule has 216 valence electrons. The molecule has 0 fully saturated rings. The minimum atomic E-state index is -0.849. The van der Waals surface area contributed by atoms with E-state index in [9.17, 15) is 18.7 Å². The zero-order valence-corrected chi connectivity index (χ0v) is 23.3. The number of nitrogens with two attached hydrogens (primary N) is 1. The summed E-state index contributed by atoms with van der Waals surface area (Å²) in [5.41, 5.74) is 10.6. The normalized spacial score (nSPS) is 13.9. The standard InChI is InChI=1S/C30H29F2N7O3/c1-16-9-26(42-28-19(31)5-4-6-20(28)32)34-13-25(16)39-29(33)18(12-35-39)27(40)23-11-22-21(36-23)10-17-7-8-38(14-24(17)37-22)15-30(2,3)41/h4-6,9-13,36,41H,7-8,14-15,33H2,1-3H3. The van der Waals surface area contributed by atoms with E-state index < -0.39 is 23.0 Å². The Labute approximate surface area is 239 Å². The van der Waals surface area contributed by atoms with Gasteiger partial charge in [-0.25, -0.2) is 23.4 Å². The number of carbonyl (C=O) groups is 1. The number of nitrogen functional groups attached to an aromatic ring is 1. The summed E-state index contributed by atoms with van der Waals surface area (Å²) < 4.78 is 34.7. The van der Waals surface area contributed by atoms with Crippen LogP contribution >= 0.6 is 0 Å². The van der Waals surface area contributed by atoms with Crippen molar-refractivity contribution < 1.29 is 23.4 Å². The van der Waals surface area contributed by atoms with Gasteiger partial charge in [0.25, 0.3) is 0 Å². The van der Waals surface area contributed by atoms with Crippen LogP contribution in [0.15, 0.2) is 48.8 Å². The number of aryl methyl sites for hydroxylation is 1. The first-order chi connectivity index (χ1) is 20.0. The molecule has 0 bridgehead atoms. The second-order valence-corrected chi connectivity index (χ2v) is 11.1. The molecule has 12 heteroatoms. The van der Waals surface area contributed by atoms with Gasteiger partial charge in [-0.1, -0.05) is 6.07 Å². The molecule has 1 aliphatic heterocycles. The van der Waals surface area contributed by atoms with Gasteiger partial charge in [0.1, 0.15) is 5.82 Å². The summed E-state index contributed by atoms with van der Waals surface area (Å²) in [6.45, 7) is 7.28. The summed E-state index contributed by atoms with van der Waals surface area (Å²) in [6.07, 6.45) is 3.58. The number of nitrogens with one attached hydrogen (secondary N) is 1. The van der Waals surface area contributed by atoms with Gasteiger partial charge < -0.3 is 20.6 Å². The lowest BCUT2D eigenvalue weighted by Crippen LogP contribution is -2.41. The minimum absolute atomic E-state index is 0.0151. The van der Waals surface area contributed by atoms with Crippen molar-refractivity contribution in [2.75, 3.05) is 18.8 Å². The molecule has 1 aromatic carbocycles. The van der Waals surface area contributed by atoms with Crippen LogP contribution in [-0.2, 0) is 13.0 Å². The number of anilines is 1. The van der Waals surface area contributed by atoms with Crippen LogP contribution < -0.4 is 10.5 Å². The summed E-state index contributed by atoms with van der Waals surface area (Å²) in [6, 6.07) is 8.64.